The summed E-state index contributed by atoms with van der Waals surface area (Å²) in [4.78, 5) is 7.06. The lowest BCUT2D eigenvalue weighted by Crippen LogP contribution is -2.30. The molecule has 0 bridgehead atoms. The van der Waals surface area contributed by atoms with Gasteiger partial charge in [0.15, 0.2) is 0 Å². The Morgan fingerprint density at radius 3 is 2.74 bits per heavy atom. The van der Waals surface area contributed by atoms with E-state index in [0.717, 1.165) is 26.2 Å². The molecule has 0 aromatic carbocycles. The molecular formula is C15H27N3S. The highest BCUT2D eigenvalue weighted by atomic mass is 32.1. The van der Waals surface area contributed by atoms with E-state index in [1.54, 1.807) is 11.3 Å². The van der Waals surface area contributed by atoms with Crippen LogP contribution in [-0.2, 0) is 13.1 Å². The molecule has 3 nitrogen and oxygen atoms in total. The van der Waals surface area contributed by atoms with Crippen LogP contribution in [0.25, 0.3) is 0 Å². The average molecular weight is 281 g/mol. The number of nitrogens with zero attached hydrogens (tertiary/aromatic N) is 2. The van der Waals surface area contributed by atoms with Gasteiger partial charge in [0.2, 0.25) is 0 Å². The lowest BCUT2D eigenvalue weighted by Gasteiger charge is -2.23. The van der Waals surface area contributed by atoms with Crippen LogP contribution < -0.4 is 5.32 Å². The minimum atomic E-state index is 0.516. The average Bonchev–Trinajstić information content (AvgIpc) is 2.75. The minimum absolute atomic E-state index is 0.516. The molecule has 0 unspecified atom stereocenters. The topological polar surface area (TPSA) is 28.2 Å². The fraction of sp³-hybridized carbons (Fsp3) is 0.667. The largest absolute Gasteiger partial charge is 0.310 e. The summed E-state index contributed by atoms with van der Waals surface area (Å²) in [5, 5.41) is 6.78. The molecule has 19 heavy (non-hydrogen) atoms. The third-order valence-corrected chi connectivity index (χ3v) is 3.78. The van der Waals surface area contributed by atoms with Gasteiger partial charge in [-0.2, -0.15) is 0 Å². The van der Waals surface area contributed by atoms with E-state index in [9.17, 15) is 0 Å². The zero-order valence-electron chi connectivity index (χ0n) is 12.6. The number of hydrogen-bond acceptors (Lipinski definition) is 4. The molecule has 1 aromatic rings. The highest BCUT2D eigenvalue weighted by Crippen LogP contribution is 2.13. The van der Waals surface area contributed by atoms with E-state index in [1.165, 1.54) is 10.7 Å². The predicted molar refractivity (Wildman–Crippen MR) is 84.4 cm³/mol. The first-order chi connectivity index (χ1) is 9.02. The van der Waals surface area contributed by atoms with E-state index in [0.29, 0.717) is 12.0 Å². The van der Waals surface area contributed by atoms with Gasteiger partial charge in [0.25, 0.3) is 0 Å². The molecule has 4 heteroatoms. The Hall–Kier alpha value is -0.710. The van der Waals surface area contributed by atoms with Crippen LogP contribution in [0.4, 0.5) is 0 Å². The van der Waals surface area contributed by atoms with Crippen molar-refractivity contribution in [2.45, 2.75) is 46.8 Å². The van der Waals surface area contributed by atoms with Gasteiger partial charge in [-0.05, 0) is 26.3 Å². The van der Waals surface area contributed by atoms with Gasteiger partial charge in [-0.25, -0.2) is 4.98 Å². The molecule has 1 heterocycles. The SMILES string of the molecule is C=CCN(Cc1csc(CNCC(C)C)n1)C(C)C. The molecule has 108 valence electrons. The number of nitrogens with one attached hydrogen (secondary N) is 1. The second kappa shape index (κ2) is 8.46. The number of hydrogen-bond donors (Lipinski definition) is 1. The Morgan fingerprint density at radius 1 is 1.42 bits per heavy atom. The highest BCUT2D eigenvalue weighted by molar-refractivity contribution is 7.09. The highest BCUT2D eigenvalue weighted by Gasteiger charge is 2.10. The van der Waals surface area contributed by atoms with Gasteiger partial charge in [-0.15, -0.1) is 17.9 Å². The van der Waals surface area contributed by atoms with Crippen molar-refractivity contribution < 1.29 is 0 Å². The Morgan fingerprint density at radius 2 is 2.16 bits per heavy atom. The van der Waals surface area contributed by atoms with E-state index < -0.39 is 0 Å². The van der Waals surface area contributed by atoms with Crippen molar-refractivity contribution in [2.75, 3.05) is 13.1 Å². The lowest BCUT2D eigenvalue weighted by atomic mass is 10.2. The maximum atomic E-state index is 4.69. The zero-order valence-corrected chi connectivity index (χ0v) is 13.5. The third kappa shape index (κ3) is 6.32. The molecule has 0 spiro atoms. The number of rotatable bonds is 9. The van der Waals surface area contributed by atoms with Crippen molar-refractivity contribution in [1.82, 2.24) is 15.2 Å². The number of thiazole rings is 1. The molecular weight excluding hydrogens is 254 g/mol. The summed E-state index contributed by atoms with van der Waals surface area (Å²) in [6, 6.07) is 0.516. The molecule has 1 rings (SSSR count). The Balaban J connectivity index is 2.46. The van der Waals surface area contributed by atoms with Crippen LogP contribution in [0, 0.1) is 5.92 Å². The number of aromatic nitrogens is 1. The Kier molecular flexibility index (Phi) is 7.28. The minimum Gasteiger partial charge on any atom is -0.310 e. The van der Waals surface area contributed by atoms with Crippen molar-refractivity contribution in [3.05, 3.63) is 28.7 Å². The Bertz CT molecular complexity index is 371. The van der Waals surface area contributed by atoms with E-state index in [4.69, 9.17) is 4.98 Å². The van der Waals surface area contributed by atoms with Crippen molar-refractivity contribution in [1.29, 1.82) is 0 Å². The third-order valence-electron chi connectivity index (χ3n) is 2.89. The van der Waals surface area contributed by atoms with E-state index in [1.807, 2.05) is 6.08 Å². The van der Waals surface area contributed by atoms with Crippen LogP contribution in [0.15, 0.2) is 18.0 Å². The van der Waals surface area contributed by atoms with Crippen molar-refractivity contribution in [3.8, 4) is 0 Å². The first-order valence-corrected chi connectivity index (χ1v) is 7.89. The van der Waals surface area contributed by atoms with Gasteiger partial charge >= 0.3 is 0 Å². The van der Waals surface area contributed by atoms with Crippen molar-refractivity contribution in [2.24, 2.45) is 5.92 Å². The molecule has 0 aliphatic rings. The molecule has 0 saturated carbocycles. The maximum Gasteiger partial charge on any atom is 0.107 e. The summed E-state index contributed by atoms with van der Waals surface area (Å²) in [7, 11) is 0. The van der Waals surface area contributed by atoms with Crippen LogP contribution in [0.1, 0.15) is 38.4 Å². The molecule has 1 N–H and O–H groups in total. The van der Waals surface area contributed by atoms with Crippen molar-refractivity contribution >= 4 is 11.3 Å². The van der Waals surface area contributed by atoms with E-state index in [2.05, 4.69) is 49.9 Å². The van der Waals surface area contributed by atoms with Crippen LogP contribution >= 0.6 is 11.3 Å². The standard InChI is InChI=1S/C15H27N3S/c1-6-7-18(13(4)5)10-14-11-19-15(17-14)9-16-8-12(2)3/h6,11-13,16H,1,7-10H2,2-5H3. The molecule has 0 aliphatic heterocycles. The molecule has 0 aliphatic carbocycles. The summed E-state index contributed by atoms with van der Waals surface area (Å²) in [5.74, 6) is 0.684. The van der Waals surface area contributed by atoms with Gasteiger partial charge in [0.05, 0.1) is 5.69 Å². The van der Waals surface area contributed by atoms with Gasteiger partial charge in [-0.3, -0.25) is 4.90 Å². The fourth-order valence-electron chi connectivity index (χ4n) is 1.80. The second-order valence-corrected chi connectivity index (χ2v) is 6.51. The second-order valence-electron chi connectivity index (χ2n) is 5.57. The molecule has 0 atom stereocenters. The first kappa shape index (κ1) is 16.3. The molecule has 0 amide bonds. The molecule has 0 radical (unpaired) electrons. The van der Waals surface area contributed by atoms with Crippen LogP contribution in [0.2, 0.25) is 0 Å². The maximum absolute atomic E-state index is 4.69. The zero-order chi connectivity index (χ0) is 14.3. The van der Waals surface area contributed by atoms with Crippen LogP contribution in [0.5, 0.6) is 0 Å². The summed E-state index contributed by atoms with van der Waals surface area (Å²) >= 11 is 1.75. The van der Waals surface area contributed by atoms with Gasteiger partial charge in [-0.1, -0.05) is 19.9 Å². The van der Waals surface area contributed by atoms with Gasteiger partial charge in [0, 0.05) is 31.1 Å². The summed E-state index contributed by atoms with van der Waals surface area (Å²) < 4.78 is 0. The molecule has 0 saturated heterocycles. The van der Waals surface area contributed by atoms with Crippen LogP contribution in [-0.4, -0.2) is 29.0 Å². The molecule has 0 fully saturated rings. The summed E-state index contributed by atoms with van der Waals surface area (Å²) in [6.07, 6.45) is 1.96. The van der Waals surface area contributed by atoms with E-state index >= 15 is 0 Å². The fourth-order valence-corrected chi connectivity index (χ4v) is 2.56. The molecule has 1 aromatic heterocycles. The smallest absolute Gasteiger partial charge is 0.107 e. The summed E-state index contributed by atoms with van der Waals surface area (Å²) in [5.41, 5.74) is 1.17. The monoisotopic (exact) mass is 281 g/mol. The first-order valence-electron chi connectivity index (χ1n) is 7.01. The summed E-state index contributed by atoms with van der Waals surface area (Å²) in [6.45, 7) is 16.4. The van der Waals surface area contributed by atoms with E-state index in [-0.39, 0.29) is 0 Å². The lowest BCUT2D eigenvalue weighted by molar-refractivity contribution is 0.235. The normalized spacial score (nSPS) is 11.7. The van der Waals surface area contributed by atoms with Gasteiger partial charge < -0.3 is 5.32 Å². The quantitative estimate of drug-likeness (QED) is 0.704. The van der Waals surface area contributed by atoms with Gasteiger partial charge in [0.1, 0.15) is 5.01 Å². The van der Waals surface area contributed by atoms with Crippen LogP contribution in [0.3, 0.4) is 0 Å². The predicted octanol–water partition coefficient (Wildman–Crippen LogP) is 3.29. The Labute approximate surface area is 121 Å². The van der Waals surface area contributed by atoms with Crippen molar-refractivity contribution in [3.63, 3.8) is 0 Å².